The second-order valence-corrected chi connectivity index (χ2v) is 34.9. The summed E-state index contributed by atoms with van der Waals surface area (Å²) in [5, 5.41) is 5.06. The zero-order valence-corrected chi connectivity index (χ0v) is 66.8. The first-order chi connectivity index (χ1) is 58.7. The number of fused-ring (bicyclic) bond motifs is 27. The molecule has 4 heterocycles. The van der Waals surface area contributed by atoms with Crippen molar-refractivity contribution in [3.63, 3.8) is 0 Å². The molecule has 3 aliphatic carbocycles. The highest BCUT2D eigenvalue weighted by Gasteiger charge is 2.53. The van der Waals surface area contributed by atoms with Crippen molar-refractivity contribution in [1.29, 1.82) is 0 Å². The van der Waals surface area contributed by atoms with Gasteiger partial charge in [0.15, 0.2) is 0 Å². The summed E-state index contributed by atoms with van der Waals surface area (Å²) in [5.74, 6) is 3.53. The van der Waals surface area contributed by atoms with Crippen molar-refractivity contribution in [2.24, 2.45) is 0 Å². The minimum Gasteiger partial charge on any atom is -0.457 e. The molecule has 0 fully saturated rings. The zero-order valence-electron chi connectivity index (χ0n) is 65.1. The molecule has 0 N–H and O–H groups in total. The molecule has 2 spiro atoms. The largest absolute Gasteiger partial charge is 0.457 e. The summed E-state index contributed by atoms with van der Waals surface area (Å²) in [5.41, 5.74) is 34.5. The van der Waals surface area contributed by atoms with Gasteiger partial charge in [-0.15, -0.1) is 22.7 Å². The van der Waals surface area contributed by atoms with E-state index in [4.69, 9.17) is 9.47 Å². The van der Waals surface area contributed by atoms with Gasteiger partial charge in [0.1, 0.15) is 23.0 Å². The van der Waals surface area contributed by atoms with Crippen LogP contribution in [0.2, 0.25) is 0 Å². The average molecular weight is 1550 g/mol. The van der Waals surface area contributed by atoms with Crippen LogP contribution in [0.15, 0.2) is 400 Å². The predicted molar refractivity (Wildman–Crippen MR) is 496 cm³/mol. The van der Waals surface area contributed by atoms with Gasteiger partial charge in [0.05, 0.1) is 21.2 Å². The maximum absolute atomic E-state index is 6.97. The Morgan fingerprint density at radius 2 is 0.647 bits per heavy atom. The lowest BCUT2D eigenvalue weighted by Crippen LogP contribution is -2.32. The fourth-order valence-corrected chi connectivity index (χ4v) is 23.5. The zero-order chi connectivity index (χ0) is 78.4. The molecule has 0 unspecified atom stereocenters. The fourth-order valence-electron chi connectivity index (χ4n) is 21.1. The van der Waals surface area contributed by atoms with Crippen molar-refractivity contribution in [1.82, 2.24) is 0 Å². The molecule has 0 amide bonds. The van der Waals surface area contributed by atoms with E-state index in [1.807, 2.05) is 22.7 Å². The van der Waals surface area contributed by atoms with E-state index in [9.17, 15) is 0 Å². The van der Waals surface area contributed by atoms with Gasteiger partial charge in [-0.1, -0.05) is 287 Å². The summed E-state index contributed by atoms with van der Waals surface area (Å²) in [6.07, 6.45) is 0. The van der Waals surface area contributed by atoms with Crippen molar-refractivity contribution in [3.8, 4) is 101 Å². The molecule has 6 heteroatoms. The Balaban J connectivity index is 0.563. The monoisotopic (exact) mass is 1550 g/mol. The summed E-state index contributed by atoms with van der Waals surface area (Å²) in [6, 6.07) is 149. The third-order valence-corrected chi connectivity index (χ3v) is 28.8. The molecule has 0 atom stereocenters. The van der Waals surface area contributed by atoms with Crippen LogP contribution in [0.1, 0.15) is 69.5 Å². The summed E-state index contributed by atoms with van der Waals surface area (Å²) >= 11 is 3.75. The molecule has 25 rings (SSSR count). The highest BCUT2D eigenvalue weighted by Crippen LogP contribution is 2.66. The van der Waals surface area contributed by atoms with E-state index in [0.29, 0.717) is 0 Å². The predicted octanol–water partition coefficient (Wildman–Crippen LogP) is 31.3. The number of thiophene rings is 2. The Morgan fingerprint density at radius 1 is 0.218 bits per heavy atom. The van der Waals surface area contributed by atoms with Crippen molar-refractivity contribution in [2.45, 2.75) is 30.1 Å². The van der Waals surface area contributed by atoms with E-state index in [1.54, 1.807) is 0 Å². The lowest BCUT2D eigenvalue weighted by molar-refractivity contribution is 0.436. The second kappa shape index (κ2) is 25.8. The first-order valence-corrected chi connectivity index (χ1v) is 42.7. The highest BCUT2D eigenvalue weighted by molar-refractivity contribution is 7.26. The van der Waals surface area contributed by atoms with Gasteiger partial charge in [-0.05, 0) is 239 Å². The number of hydrogen-bond donors (Lipinski definition) is 0. The van der Waals surface area contributed by atoms with Gasteiger partial charge in [-0.2, -0.15) is 0 Å². The Kier molecular flexibility index (Phi) is 14.7. The van der Waals surface area contributed by atoms with E-state index < -0.39 is 10.8 Å². The molecule has 18 aromatic carbocycles. The normalized spacial score (nSPS) is 14.0. The molecule has 0 bridgehead atoms. The number of nitrogens with zero attached hydrogens (tertiary/aromatic N) is 2. The van der Waals surface area contributed by atoms with Gasteiger partial charge in [-0.3, -0.25) is 0 Å². The first-order valence-electron chi connectivity index (χ1n) is 41.1. The Labute approximate surface area is 698 Å². The smallest absolute Gasteiger partial charge is 0.132 e. The molecule has 2 aliphatic heterocycles. The number of anilines is 6. The van der Waals surface area contributed by atoms with Crippen LogP contribution in [0, 0.1) is 0 Å². The van der Waals surface area contributed by atoms with E-state index in [-0.39, 0.29) is 5.41 Å². The molecular weight excluding hydrogens is 1480 g/mol. The number of benzene rings is 18. The lowest BCUT2D eigenvalue weighted by atomic mass is 9.65. The summed E-state index contributed by atoms with van der Waals surface area (Å²) < 4.78 is 18.7. The molecule has 4 nitrogen and oxygen atoms in total. The molecule has 0 saturated carbocycles. The molecule has 119 heavy (non-hydrogen) atoms. The molecule has 558 valence electrons. The number of rotatable bonds is 10. The average Bonchev–Trinajstić information content (AvgIpc) is 1.54. The van der Waals surface area contributed by atoms with Crippen LogP contribution in [-0.2, 0) is 16.2 Å². The first kappa shape index (κ1) is 67.9. The van der Waals surface area contributed by atoms with Gasteiger partial charge in [0.2, 0.25) is 0 Å². The fraction of sp³-hybridized carbons (Fsp3) is 0.0442. The van der Waals surface area contributed by atoms with E-state index in [0.717, 1.165) is 102 Å². The van der Waals surface area contributed by atoms with Crippen molar-refractivity contribution in [2.75, 3.05) is 9.80 Å². The van der Waals surface area contributed by atoms with Crippen LogP contribution >= 0.6 is 22.7 Å². The van der Waals surface area contributed by atoms with Crippen LogP contribution < -0.4 is 19.3 Å². The van der Waals surface area contributed by atoms with Gasteiger partial charge < -0.3 is 19.3 Å². The van der Waals surface area contributed by atoms with Crippen molar-refractivity contribution < 1.29 is 9.47 Å². The molecule has 0 radical (unpaired) electrons. The molecule has 5 aliphatic rings. The lowest BCUT2D eigenvalue weighted by Gasteiger charge is -2.39. The Hall–Kier alpha value is -14.4. The van der Waals surface area contributed by atoms with Gasteiger partial charge in [0.25, 0.3) is 0 Å². The summed E-state index contributed by atoms with van der Waals surface area (Å²) in [7, 11) is 0. The maximum atomic E-state index is 6.97. The Morgan fingerprint density at radius 3 is 1.34 bits per heavy atom. The van der Waals surface area contributed by atoms with E-state index in [1.165, 1.54) is 129 Å². The SMILES string of the molecule is CC1(C)c2ccccc2-c2ccc(N(c3cccc(-c4ccc5c(c4)C4(c6ccccc6Oc6ccccc64)c4cccc(-c6ccc7sc8cc(-c9ccc(N(c%10ccccc%10)c%10ccc(-c%11ccc%12c(c%11)C%11(c%13ccccc%13Oc%13ccccc%13%11)c%11ccccc%11-%12)cc%10)cc9)ccc8c7c6)c4-5)c3)c3cccc4c3sc3ccccc34)cc21. The maximum Gasteiger partial charge on any atom is 0.132 e. The third-order valence-electron chi connectivity index (χ3n) is 26.4. The Bertz CT molecular complexity index is 7580. The van der Waals surface area contributed by atoms with E-state index in [2.05, 4.69) is 424 Å². The minimum atomic E-state index is -0.714. The minimum absolute atomic E-state index is 0.180. The second-order valence-electron chi connectivity index (χ2n) is 32.8. The van der Waals surface area contributed by atoms with Crippen LogP contribution in [-0.4, -0.2) is 0 Å². The van der Waals surface area contributed by atoms with Crippen LogP contribution in [0.25, 0.3) is 118 Å². The summed E-state index contributed by atoms with van der Waals surface area (Å²) in [4.78, 5) is 4.88. The highest BCUT2D eigenvalue weighted by atomic mass is 32.1. The van der Waals surface area contributed by atoms with Crippen LogP contribution in [0.3, 0.4) is 0 Å². The van der Waals surface area contributed by atoms with Crippen molar-refractivity contribution >= 4 is 97.1 Å². The van der Waals surface area contributed by atoms with Gasteiger partial charge >= 0.3 is 0 Å². The molecule has 2 aromatic heterocycles. The summed E-state index contributed by atoms with van der Waals surface area (Å²) in [6.45, 7) is 4.76. The van der Waals surface area contributed by atoms with E-state index >= 15 is 0 Å². The number of ether oxygens (including phenoxy) is 2. The number of para-hydroxylation sites is 5. The van der Waals surface area contributed by atoms with Crippen molar-refractivity contribution in [3.05, 3.63) is 456 Å². The van der Waals surface area contributed by atoms with Gasteiger partial charge in [0, 0.05) is 91.8 Å². The van der Waals surface area contributed by atoms with Gasteiger partial charge in [-0.25, -0.2) is 0 Å². The van der Waals surface area contributed by atoms with Crippen LogP contribution in [0.4, 0.5) is 34.1 Å². The topological polar surface area (TPSA) is 24.9 Å². The molecule has 20 aromatic rings. The number of hydrogen-bond acceptors (Lipinski definition) is 6. The molecule has 0 saturated heterocycles. The standard InChI is InChI=1S/C113H72N2O2S2/c1-111(2)91-32-9-6-27-82(91)84-61-57-80(68-98(84)111)115(101-39-22-31-88-86-29-8-19-44-106(86)119-110(88)101)79-26-20-23-71(63-79)73-51-60-89-100(66-73)113(95-36-13-17-42-104(95)117-105-43-18-14-37-96(105)113)97-38-21-30-81(109(89)97)75-52-62-107-90(64-75)87-59-50-74(67-108(87)118-107)70-47-55-78(56-48-70)114(76-24-4-3-5-25-76)77-53-45-69(46-54-77)72-49-58-85-83-28-7-10-33-92(83)112(99(85)65-72)93-34-11-15-40-102(93)116-103-41-16-12-35-94(103)112/h3-68H,1-2H3. The third kappa shape index (κ3) is 9.84. The quantitative estimate of drug-likeness (QED) is 0.136. The van der Waals surface area contributed by atoms with Crippen LogP contribution in [0.5, 0.6) is 23.0 Å². The molecular formula is C113H72N2O2S2.